The van der Waals surface area contributed by atoms with Crippen LogP contribution in [-0.4, -0.2) is 78.5 Å². The van der Waals surface area contributed by atoms with E-state index in [0.717, 1.165) is 56.4 Å². The molecule has 202 valence electrons. The number of rotatable bonds is 6. The molecule has 0 aromatic carbocycles. The number of hydrogen-bond acceptors (Lipinski definition) is 9. The average Bonchev–Trinajstić information content (AvgIpc) is 3.61. The minimum absolute atomic E-state index is 0. The summed E-state index contributed by atoms with van der Waals surface area (Å²) in [5, 5.41) is 6.54. The third-order valence-corrected chi connectivity index (χ3v) is 8.08. The van der Waals surface area contributed by atoms with E-state index in [4.69, 9.17) is 14.5 Å². The minimum atomic E-state index is -0.210. The summed E-state index contributed by atoms with van der Waals surface area (Å²) in [6.45, 7) is 11.3. The molecule has 5 heterocycles. The lowest BCUT2D eigenvalue weighted by Gasteiger charge is -2.39. The highest BCUT2D eigenvalue weighted by molar-refractivity contribution is 6.07. The van der Waals surface area contributed by atoms with Crippen molar-refractivity contribution >= 4 is 29.3 Å². The van der Waals surface area contributed by atoms with E-state index in [9.17, 15) is 4.79 Å². The molecule has 37 heavy (non-hydrogen) atoms. The predicted molar refractivity (Wildman–Crippen MR) is 147 cm³/mol. The smallest absolute Gasteiger partial charge is 0.260 e. The van der Waals surface area contributed by atoms with Gasteiger partial charge in [-0.15, -0.1) is 0 Å². The number of aromatic nitrogens is 3. The third kappa shape index (κ3) is 5.22. The Kier molecular flexibility index (Phi) is 6.19. The van der Waals surface area contributed by atoms with Gasteiger partial charge in [0.05, 0.1) is 37.0 Å². The van der Waals surface area contributed by atoms with Gasteiger partial charge >= 0.3 is 0 Å². The fraction of sp³-hybridized carbons (Fsp3) is 0.630. The predicted octanol–water partition coefficient (Wildman–Crippen LogP) is 3.73. The third-order valence-electron chi connectivity index (χ3n) is 8.08. The van der Waals surface area contributed by atoms with Crippen LogP contribution >= 0.6 is 0 Å². The highest BCUT2D eigenvalue weighted by Crippen LogP contribution is 2.54. The van der Waals surface area contributed by atoms with Crippen LogP contribution in [0, 0.1) is 12.3 Å². The topological polar surface area (TPSA) is 105 Å². The molecule has 4 fully saturated rings. The standard InChI is InChI=1S/C27H37N7O3.2H2/c1-18-14-22(31-25(28-18)34-12-13-37-19(2)15-34)30-24(35)20-4-5-21(32-26(3)16-36-17-26)29-23(20)33-10-8-27(6-7-27)9-11-33;;/h4-5,14,19H,6-13,15-17H2,1-3H3,(H,29,32)(H,28,30,31,35);2*1H/t19-;;/m1../s1. The van der Waals surface area contributed by atoms with Gasteiger partial charge in [0.2, 0.25) is 5.95 Å². The number of nitrogens with zero attached hydrogens (tertiary/aromatic N) is 5. The molecule has 3 saturated heterocycles. The van der Waals surface area contributed by atoms with Crippen molar-refractivity contribution in [3.63, 3.8) is 0 Å². The van der Waals surface area contributed by atoms with Gasteiger partial charge in [0.25, 0.3) is 5.91 Å². The Labute approximate surface area is 221 Å². The number of aryl methyl sites for hydroxylation is 1. The van der Waals surface area contributed by atoms with Crippen molar-refractivity contribution in [3.8, 4) is 0 Å². The second-order valence-corrected chi connectivity index (χ2v) is 11.5. The summed E-state index contributed by atoms with van der Waals surface area (Å²) >= 11 is 0. The molecular weight excluding hydrogens is 470 g/mol. The molecule has 1 amide bonds. The summed E-state index contributed by atoms with van der Waals surface area (Å²) in [5.41, 5.74) is 1.78. The van der Waals surface area contributed by atoms with Crippen molar-refractivity contribution < 1.29 is 17.1 Å². The SMILES string of the molecule is Cc1cc(NC(=O)c2ccc(NC3(C)COC3)nc2N2CCC3(CC2)CC3)nc(N2CCO[C@H](C)C2)n1.[HH].[HH]. The molecule has 2 aromatic heterocycles. The van der Waals surface area contributed by atoms with E-state index in [1.807, 2.05) is 32.0 Å². The molecule has 4 aliphatic rings. The Morgan fingerprint density at radius 1 is 1.05 bits per heavy atom. The molecule has 6 rings (SSSR count). The Bertz CT molecular complexity index is 1180. The van der Waals surface area contributed by atoms with E-state index >= 15 is 0 Å². The molecule has 1 spiro atoms. The van der Waals surface area contributed by atoms with Gasteiger partial charge < -0.3 is 29.9 Å². The largest absolute Gasteiger partial charge is 0.376 e. The summed E-state index contributed by atoms with van der Waals surface area (Å²) in [7, 11) is 0. The molecule has 1 aliphatic carbocycles. The minimum Gasteiger partial charge on any atom is -0.376 e. The maximum absolute atomic E-state index is 13.6. The molecule has 0 radical (unpaired) electrons. The lowest BCUT2D eigenvalue weighted by molar-refractivity contribution is -0.0320. The molecule has 1 saturated carbocycles. The van der Waals surface area contributed by atoms with Crippen LogP contribution < -0.4 is 20.4 Å². The van der Waals surface area contributed by atoms with Gasteiger partial charge in [0.15, 0.2) is 0 Å². The number of morpholine rings is 1. The molecular formula is C27H41N7O3. The second kappa shape index (κ2) is 9.40. The van der Waals surface area contributed by atoms with Crippen molar-refractivity contribution in [2.45, 2.75) is 58.1 Å². The van der Waals surface area contributed by atoms with Gasteiger partial charge in [-0.1, -0.05) is 0 Å². The Hall–Kier alpha value is -2.98. The molecule has 10 nitrogen and oxygen atoms in total. The Morgan fingerprint density at radius 3 is 2.51 bits per heavy atom. The normalized spacial score (nSPS) is 23.9. The summed E-state index contributed by atoms with van der Waals surface area (Å²) in [4.78, 5) is 32.2. The molecule has 2 N–H and O–H groups in total. The summed E-state index contributed by atoms with van der Waals surface area (Å²) in [6, 6.07) is 5.58. The molecule has 1 atom stereocenters. The number of piperidine rings is 1. The van der Waals surface area contributed by atoms with Gasteiger partial charge in [-0.3, -0.25) is 4.79 Å². The first-order chi connectivity index (χ1) is 17.8. The zero-order chi connectivity index (χ0) is 25.6. The Balaban J connectivity index is 0.00000176. The molecule has 2 aromatic rings. The van der Waals surface area contributed by atoms with Gasteiger partial charge in [0, 0.05) is 40.8 Å². The number of nitrogens with one attached hydrogen (secondary N) is 2. The van der Waals surface area contributed by atoms with Crippen molar-refractivity contribution in [1.82, 2.24) is 15.0 Å². The van der Waals surface area contributed by atoms with Gasteiger partial charge in [-0.2, -0.15) is 4.98 Å². The van der Waals surface area contributed by atoms with Gasteiger partial charge in [-0.25, -0.2) is 9.97 Å². The van der Waals surface area contributed by atoms with Crippen LogP contribution in [0.5, 0.6) is 0 Å². The molecule has 0 bridgehead atoms. The van der Waals surface area contributed by atoms with E-state index in [1.54, 1.807) is 0 Å². The van der Waals surface area contributed by atoms with Gasteiger partial charge in [-0.05, 0) is 64.0 Å². The molecule has 0 unspecified atom stereocenters. The van der Waals surface area contributed by atoms with Crippen molar-refractivity contribution in [2.75, 3.05) is 66.4 Å². The van der Waals surface area contributed by atoms with Crippen LogP contribution in [0.15, 0.2) is 18.2 Å². The number of carbonyl (C=O) groups is 1. The fourth-order valence-electron chi connectivity index (χ4n) is 5.54. The summed E-state index contributed by atoms with van der Waals surface area (Å²) < 4.78 is 11.1. The van der Waals surface area contributed by atoms with E-state index in [1.165, 1.54) is 12.8 Å². The van der Waals surface area contributed by atoms with Crippen LogP contribution in [0.4, 0.5) is 23.4 Å². The highest BCUT2D eigenvalue weighted by Gasteiger charge is 2.45. The van der Waals surface area contributed by atoms with Crippen LogP contribution in [0.2, 0.25) is 0 Å². The van der Waals surface area contributed by atoms with Crippen molar-refractivity contribution in [1.29, 1.82) is 0 Å². The van der Waals surface area contributed by atoms with Crippen LogP contribution in [0.25, 0.3) is 0 Å². The summed E-state index contributed by atoms with van der Waals surface area (Å²) in [6.07, 6.45) is 5.10. The number of pyridine rings is 1. The molecule has 10 heteroatoms. The van der Waals surface area contributed by atoms with E-state index in [2.05, 4.69) is 37.3 Å². The van der Waals surface area contributed by atoms with Crippen molar-refractivity contribution in [2.24, 2.45) is 5.41 Å². The number of hydrogen-bond donors (Lipinski definition) is 2. The highest BCUT2D eigenvalue weighted by atomic mass is 16.5. The monoisotopic (exact) mass is 511 g/mol. The fourth-order valence-corrected chi connectivity index (χ4v) is 5.54. The number of carbonyl (C=O) groups excluding carboxylic acids is 1. The van der Waals surface area contributed by atoms with E-state index in [0.29, 0.717) is 42.6 Å². The van der Waals surface area contributed by atoms with Crippen LogP contribution in [-0.2, 0) is 9.47 Å². The maximum atomic E-state index is 13.6. The summed E-state index contributed by atoms with van der Waals surface area (Å²) in [5.74, 6) is 2.40. The number of ether oxygens (including phenoxy) is 2. The van der Waals surface area contributed by atoms with Gasteiger partial charge in [0.1, 0.15) is 17.5 Å². The van der Waals surface area contributed by atoms with E-state index in [-0.39, 0.29) is 20.4 Å². The first kappa shape index (κ1) is 24.4. The van der Waals surface area contributed by atoms with Crippen LogP contribution in [0.3, 0.4) is 0 Å². The van der Waals surface area contributed by atoms with E-state index < -0.39 is 0 Å². The van der Waals surface area contributed by atoms with Crippen molar-refractivity contribution in [3.05, 3.63) is 29.5 Å². The zero-order valence-corrected chi connectivity index (χ0v) is 22.0. The maximum Gasteiger partial charge on any atom is 0.260 e. The first-order valence-corrected chi connectivity index (χ1v) is 13.5. The second-order valence-electron chi connectivity index (χ2n) is 11.5. The average molecular weight is 512 g/mol. The lowest BCUT2D eigenvalue weighted by atomic mass is 9.93. The van der Waals surface area contributed by atoms with Crippen LogP contribution in [0.1, 0.15) is 58.4 Å². The zero-order valence-electron chi connectivity index (χ0n) is 22.0. The number of amides is 1. The first-order valence-electron chi connectivity index (χ1n) is 13.5. The number of anilines is 4. The lowest BCUT2D eigenvalue weighted by Crippen LogP contribution is -2.53. The molecule has 3 aliphatic heterocycles. The Morgan fingerprint density at radius 2 is 1.84 bits per heavy atom. The quantitative estimate of drug-likeness (QED) is 0.600.